The minimum atomic E-state index is -3.65. The second-order valence-corrected chi connectivity index (χ2v) is 6.91. The number of rotatable bonds is 4. The lowest BCUT2D eigenvalue weighted by Crippen LogP contribution is -2.24. The third kappa shape index (κ3) is 3.08. The van der Waals surface area contributed by atoms with Crippen LogP contribution in [0.1, 0.15) is 22.4 Å². The van der Waals surface area contributed by atoms with E-state index in [4.69, 9.17) is 5.73 Å². The Labute approximate surface area is 125 Å². The quantitative estimate of drug-likeness (QED) is 0.836. The van der Waals surface area contributed by atoms with Gasteiger partial charge in [0.25, 0.3) is 0 Å². The molecular weight excluding hydrogens is 288 g/mol. The summed E-state index contributed by atoms with van der Waals surface area (Å²) in [5, 5.41) is 4.09. The number of hydrogen-bond acceptors (Lipinski definition) is 4. The van der Waals surface area contributed by atoms with E-state index < -0.39 is 10.0 Å². The van der Waals surface area contributed by atoms with Gasteiger partial charge in [-0.15, -0.1) is 0 Å². The van der Waals surface area contributed by atoms with E-state index in [1.165, 1.54) is 0 Å². The highest BCUT2D eigenvalue weighted by molar-refractivity contribution is 7.89. The summed E-state index contributed by atoms with van der Waals surface area (Å²) in [7, 11) is -1.83. The van der Waals surface area contributed by atoms with Crippen LogP contribution in [-0.4, -0.2) is 18.2 Å². The van der Waals surface area contributed by atoms with E-state index in [-0.39, 0.29) is 17.1 Å². The zero-order chi connectivity index (χ0) is 15.8. The molecule has 2 aromatic rings. The summed E-state index contributed by atoms with van der Waals surface area (Å²) in [6, 6.07) is 3.28. The van der Waals surface area contributed by atoms with Crippen molar-refractivity contribution in [3.8, 4) is 0 Å². The molecule has 0 unspecified atom stereocenters. The molecule has 0 aliphatic carbocycles. The Morgan fingerprint density at radius 1 is 1.24 bits per heavy atom. The first-order valence-electron chi connectivity index (χ1n) is 6.56. The molecule has 1 aromatic carbocycles. The summed E-state index contributed by atoms with van der Waals surface area (Å²) in [4.78, 5) is 0.118. The number of aryl methyl sites for hydroxylation is 3. The Morgan fingerprint density at radius 2 is 1.86 bits per heavy atom. The van der Waals surface area contributed by atoms with Gasteiger partial charge in [-0.2, -0.15) is 5.10 Å². The number of nitrogens with one attached hydrogen (secondary N) is 1. The molecule has 0 saturated carbocycles. The van der Waals surface area contributed by atoms with Gasteiger partial charge >= 0.3 is 0 Å². The van der Waals surface area contributed by atoms with Crippen LogP contribution < -0.4 is 10.5 Å². The molecule has 0 atom stereocenters. The predicted octanol–water partition coefficient (Wildman–Crippen LogP) is 1.41. The Balaban J connectivity index is 2.27. The van der Waals surface area contributed by atoms with Crippen molar-refractivity contribution in [1.82, 2.24) is 14.5 Å². The van der Waals surface area contributed by atoms with E-state index >= 15 is 0 Å². The Kier molecular flexibility index (Phi) is 4.06. The molecule has 3 N–H and O–H groups in total. The van der Waals surface area contributed by atoms with Crippen molar-refractivity contribution < 1.29 is 8.42 Å². The SMILES string of the molecule is Cc1cc(N)c(S(=O)(=O)NCc2cnn(C)c2C)cc1C. The van der Waals surface area contributed by atoms with Crippen LogP contribution in [0.2, 0.25) is 0 Å². The van der Waals surface area contributed by atoms with Crippen LogP contribution in [0.5, 0.6) is 0 Å². The van der Waals surface area contributed by atoms with Gasteiger partial charge in [-0.25, -0.2) is 13.1 Å². The van der Waals surface area contributed by atoms with E-state index in [0.29, 0.717) is 0 Å². The maximum atomic E-state index is 12.4. The lowest BCUT2D eigenvalue weighted by molar-refractivity contribution is 0.581. The summed E-state index contributed by atoms with van der Waals surface area (Å²) in [5.74, 6) is 0. The number of nitrogens with zero attached hydrogens (tertiary/aromatic N) is 2. The minimum Gasteiger partial charge on any atom is -0.398 e. The van der Waals surface area contributed by atoms with Crippen molar-refractivity contribution in [1.29, 1.82) is 0 Å². The molecule has 114 valence electrons. The molecule has 0 aliphatic heterocycles. The molecule has 0 bridgehead atoms. The number of aromatic nitrogens is 2. The van der Waals surface area contributed by atoms with Gasteiger partial charge in [-0.3, -0.25) is 4.68 Å². The Morgan fingerprint density at radius 3 is 2.43 bits per heavy atom. The summed E-state index contributed by atoms with van der Waals surface area (Å²) < 4.78 is 29.1. The molecule has 1 heterocycles. The van der Waals surface area contributed by atoms with E-state index in [9.17, 15) is 8.42 Å². The summed E-state index contributed by atoms with van der Waals surface area (Å²) in [6.07, 6.45) is 1.65. The zero-order valence-electron chi connectivity index (χ0n) is 12.6. The van der Waals surface area contributed by atoms with Crippen LogP contribution in [0, 0.1) is 20.8 Å². The molecule has 1 aromatic heterocycles. The van der Waals surface area contributed by atoms with Gasteiger partial charge in [0, 0.05) is 24.8 Å². The monoisotopic (exact) mass is 308 g/mol. The molecule has 6 nitrogen and oxygen atoms in total. The Hall–Kier alpha value is -1.86. The third-order valence-electron chi connectivity index (χ3n) is 3.71. The van der Waals surface area contributed by atoms with Crippen molar-refractivity contribution in [3.05, 3.63) is 40.7 Å². The third-order valence-corrected chi connectivity index (χ3v) is 5.16. The van der Waals surface area contributed by atoms with Crippen LogP contribution >= 0.6 is 0 Å². The minimum absolute atomic E-state index is 0.118. The summed E-state index contributed by atoms with van der Waals surface area (Å²) in [6.45, 7) is 5.84. The first-order chi connectivity index (χ1) is 9.72. The lowest BCUT2D eigenvalue weighted by atomic mass is 10.1. The fourth-order valence-electron chi connectivity index (χ4n) is 2.01. The van der Waals surface area contributed by atoms with Crippen molar-refractivity contribution >= 4 is 15.7 Å². The first kappa shape index (κ1) is 15.5. The van der Waals surface area contributed by atoms with Gasteiger partial charge in [0.05, 0.1) is 11.9 Å². The van der Waals surface area contributed by atoms with Crippen LogP contribution in [0.3, 0.4) is 0 Å². The molecule has 0 aliphatic rings. The van der Waals surface area contributed by atoms with Crippen molar-refractivity contribution in [2.45, 2.75) is 32.2 Å². The number of nitrogens with two attached hydrogens (primary N) is 1. The summed E-state index contributed by atoms with van der Waals surface area (Å²) >= 11 is 0. The van der Waals surface area contributed by atoms with Crippen LogP contribution in [0.25, 0.3) is 0 Å². The normalized spacial score (nSPS) is 11.8. The number of nitrogen functional groups attached to an aromatic ring is 1. The molecule has 2 rings (SSSR count). The smallest absolute Gasteiger partial charge is 0.242 e. The van der Waals surface area contributed by atoms with Crippen molar-refractivity contribution in [3.63, 3.8) is 0 Å². The average Bonchev–Trinajstić information content (AvgIpc) is 2.72. The van der Waals surface area contributed by atoms with Gasteiger partial charge in [0.1, 0.15) is 4.90 Å². The molecule has 0 fully saturated rings. The van der Waals surface area contributed by atoms with Gasteiger partial charge in [-0.05, 0) is 44.0 Å². The standard InChI is InChI=1S/C14H20N4O2S/c1-9-5-13(15)14(6-10(9)2)21(19,20)17-8-12-7-16-18(4)11(12)3/h5-7,17H,8,15H2,1-4H3. The second-order valence-electron chi connectivity index (χ2n) is 5.18. The van der Waals surface area contributed by atoms with E-state index in [2.05, 4.69) is 9.82 Å². The zero-order valence-corrected chi connectivity index (χ0v) is 13.5. The molecule has 21 heavy (non-hydrogen) atoms. The molecule has 0 amide bonds. The van der Waals surface area contributed by atoms with Crippen LogP contribution in [0.15, 0.2) is 23.2 Å². The second kappa shape index (κ2) is 5.50. The van der Waals surface area contributed by atoms with Crippen LogP contribution in [0.4, 0.5) is 5.69 Å². The first-order valence-corrected chi connectivity index (χ1v) is 8.04. The number of benzene rings is 1. The van der Waals surface area contributed by atoms with E-state index in [0.717, 1.165) is 22.4 Å². The molecule has 0 saturated heterocycles. The maximum Gasteiger partial charge on any atom is 0.242 e. The highest BCUT2D eigenvalue weighted by atomic mass is 32.2. The van der Waals surface area contributed by atoms with Crippen molar-refractivity contribution in [2.24, 2.45) is 7.05 Å². The lowest BCUT2D eigenvalue weighted by Gasteiger charge is -2.11. The van der Waals surface area contributed by atoms with Gasteiger partial charge in [-0.1, -0.05) is 0 Å². The van der Waals surface area contributed by atoms with Gasteiger partial charge in [0.15, 0.2) is 0 Å². The maximum absolute atomic E-state index is 12.4. The number of anilines is 1. The largest absolute Gasteiger partial charge is 0.398 e. The molecule has 7 heteroatoms. The van der Waals surface area contributed by atoms with E-state index in [1.54, 1.807) is 23.0 Å². The molecular formula is C14H20N4O2S. The predicted molar refractivity (Wildman–Crippen MR) is 82.3 cm³/mol. The summed E-state index contributed by atoms with van der Waals surface area (Å²) in [5.41, 5.74) is 9.72. The van der Waals surface area contributed by atoms with Gasteiger partial charge < -0.3 is 5.73 Å². The number of hydrogen-bond donors (Lipinski definition) is 2. The van der Waals surface area contributed by atoms with Crippen LogP contribution in [-0.2, 0) is 23.6 Å². The average molecular weight is 308 g/mol. The molecule has 0 radical (unpaired) electrons. The fourth-order valence-corrected chi connectivity index (χ4v) is 3.22. The highest BCUT2D eigenvalue weighted by Crippen LogP contribution is 2.22. The topological polar surface area (TPSA) is 90.0 Å². The number of sulfonamides is 1. The van der Waals surface area contributed by atoms with Gasteiger partial charge in [0.2, 0.25) is 10.0 Å². The fraction of sp³-hybridized carbons (Fsp3) is 0.357. The van der Waals surface area contributed by atoms with E-state index in [1.807, 2.05) is 27.8 Å². The molecule has 0 spiro atoms. The Bertz CT molecular complexity index is 779. The highest BCUT2D eigenvalue weighted by Gasteiger charge is 2.19. The van der Waals surface area contributed by atoms with Crippen molar-refractivity contribution in [2.75, 3.05) is 5.73 Å².